The molecule has 0 unspecified atom stereocenters. The van der Waals surface area contributed by atoms with Crippen LogP contribution in [-0.4, -0.2) is 17.7 Å². The van der Waals surface area contributed by atoms with Crippen LogP contribution in [0.2, 0.25) is 10.0 Å². The first-order valence-electron chi connectivity index (χ1n) is 4.50. The number of hydrogen-bond donors (Lipinski definition) is 1. The minimum Gasteiger partial charge on any atom is -0.491 e. The molecule has 0 aromatic heterocycles. The second-order valence-corrected chi connectivity index (χ2v) is 4.74. The zero-order valence-corrected chi connectivity index (χ0v) is 11.3. The Morgan fingerprint density at radius 3 is 2.69 bits per heavy atom. The van der Waals surface area contributed by atoms with Gasteiger partial charge in [-0.05, 0) is 34.5 Å². The quantitative estimate of drug-likeness (QED) is 0.831. The van der Waals surface area contributed by atoms with Gasteiger partial charge in [-0.15, -0.1) is 0 Å². The fraction of sp³-hybridized carbons (Fsp3) is 0.300. The average molecular weight is 328 g/mol. The van der Waals surface area contributed by atoms with Gasteiger partial charge >= 0.3 is 5.97 Å². The van der Waals surface area contributed by atoms with Crippen molar-refractivity contribution in [2.24, 2.45) is 0 Å². The lowest BCUT2D eigenvalue weighted by Gasteiger charge is -2.09. The van der Waals surface area contributed by atoms with Crippen molar-refractivity contribution >= 4 is 45.1 Å². The number of rotatable bonds is 5. The highest BCUT2D eigenvalue weighted by Gasteiger charge is 2.08. The van der Waals surface area contributed by atoms with E-state index in [1.54, 1.807) is 12.1 Å². The molecule has 1 aromatic carbocycles. The molecule has 0 saturated heterocycles. The molecule has 0 bridgehead atoms. The number of aliphatic carboxylic acids is 1. The second kappa shape index (κ2) is 6.33. The Morgan fingerprint density at radius 1 is 1.44 bits per heavy atom. The molecule has 16 heavy (non-hydrogen) atoms. The van der Waals surface area contributed by atoms with Gasteiger partial charge in [-0.3, -0.25) is 4.79 Å². The fourth-order valence-corrected chi connectivity index (χ4v) is 2.43. The molecule has 88 valence electrons. The first kappa shape index (κ1) is 13.6. The van der Waals surface area contributed by atoms with E-state index < -0.39 is 5.97 Å². The summed E-state index contributed by atoms with van der Waals surface area (Å²) in [7, 11) is 0. The van der Waals surface area contributed by atoms with Crippen LogP contribution >= 0.6 is 39.1 Å². The van der Waals surface area contributed by atoms with E-state index in [0.29, 0.717) is 33.3 Å². The second-order valence-electron chi connectivity index (χ2n) is 3.04. The minimum atomic E-state index is -0.843. The Bertz CT molecular complexity index is 373. The van der Waals surface area contributed by atoms with Crippen LogP contribution in [0.15, 0.2) is 16.6 Å². The Kier molecular flexibility index (Phi) is 5.38. The van der Waals surface area contributed by atoms with Crippen LogP contribution in [0.3, 0.4) is 0 Å². The largest absolute Gasteiger partial charge is 0.491 e. The Morgan fingerprint density at radius 2 is 2.12 bits per heavy atom. The summed E-state index contributed by atoms with van der Waals surface area (Å²) >= 11 is 15.0. The molecule has 0 aliphatic carbocycles. The van der Waals surface area contributed by atoms with E-state index in [4.69, 9.17) is 33.0 Å². The average Bonchev–Trinajstić information content (AvgIpc) is 2.14. The third kappa shape index (κ3) is 4.20. The van der Waals surface area contributed by atoms with Crippen molar-refractivity contribution in [3.05, 3.63) is 26.7 Å². The summed E-state index contributed by atoms with van der Waals surface area (Å²) in [6, 6.07) is 3.24. The number of carboxylic acids is 1. The summed E-state index contributed by atoms with van der Waals surface area (Å²) in [5.74, 6) is -0.360. The molecular weight excluding hydrogens is 319 g/mol. The number of carbonyl (C=O) groups is 1. The monoisotopic (exact) mass is 326 g/mol. The first-order chi connectivity index (χ1) is 7.50. The van der Waals surface area contributed by atoms with Crippen LogP contribution in [0.25, 0.3) is 0 Å². The lowest BCUT2D eigenvalue weighted by atomic mass is 10.3. The molecule has 6 heteroatoms. The zero-order valence-electron chi connectivity index (χ0n) is 8.17. The number of halogens is 3. The lowest BCUT2D eigenvalue weighted by Crippen LogP contribution is -2.02. The first-order valence-corrected chi connectivity index (χ1v) is 6.04. The summed E-state index contributed by atoms with van der Waals surface area (Å²) in [5.41, 5.74) is 0. The molecule has 0 radical (unpaired) electrons. The highest BCUT2D eigenvalue weighted by Crippen LogP contribution is 2.36. The number of ether oxygens (including phenoxy) is 1. The van der Waals surface area contributed by atoms with Crippen molar-refractivity contribution in [3.63, 3.8) is 0 Å². The highest BCUT2D eigenvalue weighted by atomic mass is 79.9. The van der Waals surface area contributed by atoms with E-state index in [0.717, 1.165) is 0 Å². The maximum atomic E-state index is 10.3. The Hall–Kier alpha value is -0.450. The van der Waals surface area contributed by atoms with Crippen LogP contribution in [0.1, 0.15) is 12.8 Å². The van der Waals surface area contributed by atoms with Crippen molar-refractivity contribution in [3.8, 4) is 5.75 Å². The van der Waals surface area contributed by atoms with E-state index in [1.807, 2.05) is 0 Å². The molecule has 1 N–H and O–H groups in total. The van der Waals surface area contributed by atoms with Crippen LogP contribution in [0.5, 0.6) is 5.75 Å². The molecule has 0 aliphatic heterocycles. The summed E-state index contributed by atoms with van der Waals surface area (Å²) < 4.78 is 6.03. The fourth-order valence-electron chi connectivity index (χ4n) is 1.06. The van der Waals surface area contributed by atoms with Crippen molar-refractivity contribution < 1.29 is 14.6 Å². The third-order valence-corrected chi connectivity index (χ3v) is 2.83. The SMILES string of the molecule is O=C(O)CCCOc1c(Cl)cc(Cl)cc1Br. The van der Waals surface area contributed by atoms with E-state index in [2.05, 4.69) is 15.9 Å². The Labute approximate surface area is 111 Å². The summed E-state index contributed by atoms with van der Waals surface area (Å²) in [6.45, 7) is 0.298. The topological polar surface area (TPSA) is 46.5 Å². The molecule has 1 aromatic rings. The van der Waals surface area contributed by atoms with Crippen molar-refractivity contribution in [1.29, 1.82) is 0 Å². The van der Waals surface area contributed by atoms with Crippen LogP contribution in [0.4, 0.5) is 0 Å². The van der Waals surface area contributed by atoms with Gasteiger partial charge in [0.25, 0.3) is 0 Å². The molecule has 0 atom stereocenters. The maximum Gasteiger partial charge on any atom is 0.303 e. The van der Waals surface area contributed by atoms with E-state index in [-0.39, 0.29) is 6.42 Å². The van der Waals surface area contributed by atoms with Gasteiger partial charge in [-0.1, -0.05) is 23.2 Å². The van der Waals surface area contributed by atoms with Crippen molar-refractivity contribution in [1.82, 2.24) is 0 Å². The van der Waals surface area contributed by atoms with E-state index >= 15 is 0 Å². The van der Waals surface area contributed by atoms with Gasteiger partial charge in [0.05, 0.1) is 16.1 Å². The molecule has 0 heterocycles. The van der Waals surface area contributed by atoms with Crippen molar-refractivity contribution in [2.45, 2.75) is 12.8 Å². The molecule has 0 aliphatic rings. The number of carboxylic acid groups (broad SMARTS) is 1. The molecule has 3 nitrogen and oxygen atoms in total. The predicted octanol–water partition coefficient (Wildman–Crippen LogP) is 4.00. The van der Waals surface area contributed by atoms with Gasteiger partial charge in [-0.25, -0.2) is 0 Å². The predicted molar refractivity (Wildman–Crippen MR) is 66.5 cm³/mol. The summed E-state index contributed by atoms with van der Waals surface area (Å²) in [5, 5.41) is 9.35. The molecule has 1 rings (SSSR count). The van der Waals surface area contributed by atoms with Gasteiger partial charge in [-0.2, -0.15) is 0 Å². The van der Waals surface area contributed by atoms with Gasteiger partial charge in [0.2, 0.25) is 0 Å². The molecule has 0 spiro atoms. The Balaban J connectivity index is 2.57. The standard InChI is InChI=1S/C10H9BrCl2O3/c11-7-4-6(12)5-8(13)10(7)16-3-1-2-9(14)15/h4-5H,1-3H2,(H,14,15). The van der Waals surface area contributed by atoms with Crippen LogP contribution in [-0.2, 0) is 4.79 Å². The highest BCUT2D eigenvalue weighted by molar-refractivity contribution is 9.10. The summed E-state index contributed by atoms with van der Waals surface area (Å²) in [6.07, 6.45) is 0.504. The summed E-state index contributed by atoms with van der Waals surface area (Å²) in [4.78, 5) is 10.3. The third-order valence-electron chi connectivity index (χ3n) is 1.74. The maximum absolute atomic E-state index is 10.3. The van der Waals surface area contributed by atoms with Crippen molar-refractivity contribution in [2.75, 3.05) is 6.61 Å². The zero-order chi connectivity index (χ0) is 12.1. The van der Waals surface area contributed by atoms with Gasteiger partial charge in [0, 0.05) is 11.4 Å². The van der Waals surface area contributed by atoms with Crippen LogP contribution < -0.4 is 4.74 Å². The molecular formula is C10H9BrCl2O3. The molecule has 0 fully saturated rings. The number of benzene rings is 1. The van der Waals surface area contributed by atoms with E-state index in [1.165, 1.54) is 0 Å². The molecule has 0 amide bonds. The normalized spacial score (nSPS) is 10.2. The smallest absolute Gasteiger partial charge is 0.303 e. The van der Waals surface area contributed by atoms with Gasteiger partial charge in [0.1, 0.15) is 0 Å². The van der Waals surface area contributed by atoms with Gasteiger partial charge in [0.15, 0.2) is 5.75 Å². The minimum absolute atomic E-state index is 0.0722. The van der Waals surface area contributed by atoms with Crippen LogP contribution in [0, 0.1) is 0 Å². The lowest BCUT2D eigenvalue weighted by molar-refractivity contribution is -0.137. The molecule has 0 saturated carbocycles. The number of hydrogen-bond acceptors (Lipinski definition) is 2. The van der Waals surface area contributed by atoms with E-state index in [9.17, 15) is 4.79 Å². The van der Waals surface area contributed by atoms with Gasteiger partial charge < -0.3 is 9.84 Å².